The topological polar surface area (TPSA) is 70.1 Å². The normalized spacial score (nSPS) is 18.3. The lowest BCUT2D eigenvalue weighted by Crippen LogP contribution is -2.32. The van der Waals surface area contributed by atoms with Crippen molar-refractivity contribution in [1.29, 1.82) is 0 Å². The van der Waals surface area contributed by atoms with Crippen LogP contribution in [0.4, 0.5) is 0 Å². The van der Waals surface area contributed by atoms with Gasteiger partial charge < -0.3 is 19.6 Å². The second-order valence-electron chi connectivity index (χ2n) is 7.52. The first-order valence-electron chi connectivity index (χ1n) is 10.1. The van der Waals surface area contributed by atoms with Crippen LogP contribution in [0.3, 0.4) is 0 Å². The molecule has 0 saturated carbocycles. The third-order valence-electron chi connectivity index (χ3n) is 5.08. The summed E-state index contributed by atoms with van der Waals surface area (Å²) in [5, 5.41) is 11.0. The lowest BCUT2D eigenvalue weighted by molar-refractivity contribution is -0.139. The van der Waals surface area contributed by atoms with Crippen LogP contribution in [0, 0.1) is 0 Å². The Morgan fingerprint density at radius 2 is 1.83 bits per heavy atom. The Morgan fingerprint density at radius 3 is 2.50 bits per heavy atom. The van der Waals surface area contributed by atoms with Crippen LogP contribution in [0.25, 0.3) is 5.76 Å². The minimum Gasteiger partial charge on any atom is -0.507 e. The molecule has 1 heterocycles. The predicted molar refractivity (Wildman–Crippen MR) is 116 cm³/mol. The quantitative estimate of drug-likeness (QED) is 0.412. The lowest BCUT2D eigenvalue weighted by Gasteiger charge is -2.26. The van der Waals surface area contributed by atoms with Crippen molar-refractivity contribution in [1.82, 2.24) is 9.80 Å². The predicted octanol–water partition coefficient (Wildman–Crippen LogP) is 3.46. The molecule has 0 spiro atoms. The van der Waals surface area contributed by atoms with Crippen molar-refractivity contribution in [3.63, 3.8) is 0 Å². The highest BCUT2D eigenvalue weighted by atomic mass is 16.5. The Morgan fingerprint density at radius 1 is 1.10 bits per heavy atom. The van der Waals surface area contributed by atoms with E-state index in [1.807, 2.05) is 56.3 Å². The fourth-order valence-corrected chi connectivity index (χ4v) is 3.71. The van der Waals surface area contributed by atoms with Crippen molar-refractivity contribution in [3.05, 3.63) is 71.3 Å². The number of carbonyl (C=O) groups excluding carboxylic acids is 2. The number of aliphatic hydroxyl groups excluding tert-OH is 1. The molecule has 0 radical (unpaired) electrons. The first kappa shape index (κ1) is 21.6. The summed E-state index contributed by atoms with van der Waals surface area (Å²) in [7, 11) is 3.93. The Labute approximate surface area is 177 Å². The summed E-state index contributed by atoms with van der Waals surface area (Å²) in [6.07, 6.45) is 0.715. The van der Waals surface area contributed by atoms with Crippen LogP contribution in [-0.4, -0.2) is 60.4 Å². The summed E-state index contributed by atoms with van der Waals surface area (Å²) in [6.45, 7) is 3.61. The number of likely N-dealkylation sites (tertiary alicyclic amines) is 1. The smallest absolute Gasteiger partial charge is 0.295 e. The molecule has 6 heteroatoms. The van der Waals surface area contributed by atoms with Gasteiger partial charge in [-0.15, -0.1) is 0 Å². The maximum absolute atomic E-state index is 13.0. The Hall–Kier alpha value is -3.12. The molecule has 1 fully saturated rings. The molecule has 1 unspecified atom stereocenters. The van der Waals surface area contributed by atoms with Crippen molar-refractivity contribution < 1.29 is 19.4 Å². The SMILES string of the molecule is CCOc1cccc(C2/C(=C(/O)c3ccccc3)C(=O)C(=O)N2CCCN(C)C)c1. The number of amides is 1. The van der Waals surface area contributed by atoms with Gasteiger partial charge in [0.2, 0.25) is 0 Å². The van der Waals surface area contributed by atoms with E-state index in [0.29, 0.717) is 30.9 Å². The van der Waals surface area contributed by atoms with Crippen LogP contribution in [0.2, 0.25) is 0 Å². The number of ether oxygens (including phenoxy) is 1. The fraction of sp³-hybridized carbons (Fsp3) is 0.333. The average molecular weight is 408 g/mol. The van der Waals surface area contributed by atoms with Crippen LogP contribution in [0.5, 0.6) is 5.75 Å². The van der Waals surface area contributed by atoms with Gasteiger partial charge in [-0.05, 0) is 51.7 Å². The fourth-order valence-electron chi connectivity index (χ4n) is 3.71. The van der Waals surface area contributed by atoms with Gasteiger partial charge in [0, 0.05) is 12.1 Å². The first-order valence-corrected chi connectivity index (χ1v) is 10.1. The average Bonchev–Trinajstić information content (AvgIpc) is 2.99. The largest absolute Gasteiger partial charge is 0.507 e. The molecule has 1 saturated heterocycles. The highest BCUT2D eigenvalue weighted by molar-refractivity contribution is 6.46. The van der Waals surface area contributed by atoms with E-state index in [1.54, 1.807) is 29.2 Å². The summed E-state index contributed by atoms with van der Waals surface area (Å²) >= 11 is 0. The van der Waals surface area contributed by atoms with Gasteiger partial charge >= 0.3 is 0 Å². The highest BCUT2D eigenvalue weighted by Crippen LogP contribution is 2.40. The maximum Gasteiger partial charge on any atom is 0.295 e. The number of aliphatic hydroxyl groups is 1. The molecule has 1 amide bonds. The van der Waals surface area contributed by atoms with Gasteiger partial charge in [-0.2, -0.15) is 0 Å². The molecular formula is C24H28N2O4. The first-order chi connectivity index (χ1) is 14.4. The van der Waals surface area contributed by atoms with Crippen molar-refractivity contribution >= 4 is 17.4 Å². The van der Waals surface area contributed by atoms with Crippen LogP contribution < -0.4 is 4.74 Å². The number of carbonyl (C=O) groups is 2. The summed E-state index contributed by atoms with van der Waals surface area (Å²) in [5.41, 5.74) is 1.36. The van der Waals surface area contributed by atoms with E-state index in [1.165, 1.54) is 0 Å². The van der Waals surface area contributed by atoms with Crippen molar-refractivity contribution in [2.45, 2.75) is 19.4 Å². The molecule has 6 nitrogen and oxygen atoms in total. The van der Waals surface area contributed by atoms with E-state index in [9.17, 15) is 14.7 Å². The van der Waals surface area contributed by atoms with Gasteiger partial charge in [0.1, 0.15) is 11.5 Å². The van der Waals surface area contributed by atoms with Crippen LogP contribution >= 0.6 is 0 Å². The molecule has 0 bridgehead atoms. The molecule has 1 aliphatic heterocycles. The number of hydrogen-bond acceptors (Lipinski definition) is 5. The minimum absolute atomic E-state index is 0.115. The number of hydrogen-bond donors (Lipinski definition) is 1. The van der Waals surface area contributed by atoms with E-state index in [4.69, 9.17) is 4.74 Å². The summed E-state index contributed by atoms with van der Waals surface area (Å²) in [5.74, 6) is -0.740. The summed E-state index contributed by atoms with van der Waals surface area (Å²) in [6, 6.07) is 15.6. The van der Waals surface area contributed by atoms with E-state index < -0.39 is 17.7 Å². The monoisotopic (exact) mass is 408 g/mol. The molecule has 2 aromatic rings. The molecule has 2 aromatic carbocycles. The molecule has 1 N–H and O–H groups in total. The van der Waals surface area contributed by atoms with Gasteiger partial charge in [-0.25, -0.2) is 0 Å². The van der Waals surface area contributed by atoms with E-state index in [2.05, 4.69) is 0 Å². The number of nitrogens with zero attached hydrogens (tertiary/aromatic N) is 2. The molecule has 3 rings (SSSR count). The Kier molecular flexibility index (Phi) is 6.90. The zero-order chi connectivity index (χ0) is 21.7. The molecular weight excluding hydrogens is 380 g/mol. The van der Waals surface area contributed by atoms with Gasteiger partial charge in [-0.3, -0.25) is 9.59 Å². The van der Waals surface area contributed by atoms with Gasteiger partial charge in [-0.1, -0.05) is 42.5 Å². The molecule has 1 aliphatic rings. The molecule has 1 atom stereocenters. The zero-order valence-electron chi connectivity index (χ0n) is 17.7. The molecule has 158 valence electrons. The third-order valence-corrected chi connectivity index (χ3v) is 5.08. The number of rotatable bonds is 8. The van der Waals surface area contributed by atoms with Crippen LogP contribution in [0.1, 0.15) is 30.5 Å². The van der Waals surface area contributed by atoms with Gasteiger partial charge in [0.25, 0.3) is 11.7 Å². The van der Waals surface area contributed by atoms with Crippen molar-refractivity contribution in [3.8, 4) is 5.75 Å². The lowest BCUT2D eigenvalue weighted by atomic mass is 9.95. The number of Topliss-reactive ketones (excluding diaryl/α,β-unsaturated/α-hetero) is 1. The van der Waals surface area contributed by atoms with Gasteiger partial charge in [0.05, 0.1) is 18.2 Å². The second-order valence-corrected chi connectivity index (χ2v) is 7.52. The summed E-state index contributed by atoms with van der Waals surface area (Å²) < 4.78 is 5.61. The molecule has 0 aliphatic carbocycles. The van der Waals surface area contributed by atoms with Crippen LogP contribution in [0.15, 0.2) is 60.2 Å². The third kappa shape index (κ3) is 4.54. The number of benzene rings is 2. The minimum atomic E-state index is -0.659. The Balaban J connectivity index is 2.08. The highest BCUT2D eigenvalue weighted by Gasteiger charge is 2.45. The van der Waals surface area contributed by atoms with E-state index in [0.717, 1.165) is 12.1 Å². The second kappa shape index (κ2) is 9.59. The molecule has 0 aromatic heterocycles. The molecule has 30 heavy (non-hydrogen) atoms. The summed E-state index contributed by atoms with van der Waals surface area (Å²) in [4.78, 5) is 29.5. The zero-order valence-corrected chi connectivity index (χ0v) is 17.7. The Bertz CT molecular complexity index is 937. The maximum atomic E-state index is 13.0. The van der Waals surface area contributed by atoms with Gasteiger partial charge in [0.15, 0.2) is 0 Å². The van der Waals surface area contributed by atoms with Crippen LogP contribution in [-0.2, 0) is 9.59 Å². The van der Waals surface area contributed by atoms with E-state index in [-0.39, 0.29) is 11.3 Å². The standard InChI is InChI=1S/C24H28N2O4/c1-4-30-19-13-8-12-18(16-19)21-20(22(27)17-10-6-5-7-11-17)23(28)24(29)26(21)15-9-14-25(2)3/h5-8,10-13,16,21,27H,4,9,14-15H2,1-3H3/b22-20-. The van der Waals surface area contributed by atoms with E-state index >= 15 is 0 Å². The van der Waals surface area contributed by atoms with Crippen molar-refractivity contribution in [2.75, 3.05) is 33.8 Å². The van der Waals surface area contributed by atoms with Crippen molar-refractivity contribution in [2.24, 2.45) is 0 Å². The number of ketones is 1.